The minimum atomic E-state index is -0.210. The van der Waals surface area contributed by atoms with Gasteiger partial charge in [0, 0.05) is 22.1 Å². The van der Waals surface area contributed by atoms with Gasteiger partial charge in [-0.15, -0.1) is 0 Å². The Morgan fingerprint density at radius 1 is 0.929 bits per heavy atom. The molecule has 0 aliphatic carbocycles. The molecule has 4 nitrogen and oxygen atoms in total. The molecule has 28 heavy (non-hydrogen) atoms. The quantitative estimate of drug-likeness (QED) is 0.444. The van der Waals surface area contributed by atoms with Gasteiger partial charge in [0.2, 0.25) is 0 Å². The Morgan fingerprint density at radius 3 is 2.25 bits per heavy atom. The highest BCUT2D eigenvalue weighted by Crippen LogP contribution is 2.33. The smallest absolute Gasteiger partial charge is 0.165 e. The number of halogens is 1. The lowest BCUT2D eigenvalue weighted by Gasteiger charge is -2.21. The summed E-state index contributed by atoms with van der Waals surface area (Å²) >= 11 is 3.41. The lowest BCUT2D eigenvalue weighted by molar-refractivity contribution is 0.0976. The first-order valence-corrected chi connectivity index (χ1v) is 9.72. The fraction of sp³-hybridized carbons (Fsp3) is 0.174. The van der Waals surface area contributed by atoms with Crippen molar-refractivity contribution in [1.82, 2.24) is 0 Å². The second-order valence-electron chi connectivity index (χ2n) is 6.31. The monoisotopic (exact) mass is 439 g/mol. The Bertz CT molecular complexity index is 926. The predicted molar refractivity (Wildman–Crippen MR) is 115 cm³/mol. The summed E-state index contributed by atoms with van der Waals surface area (Å²) in [5.41, 5.74) is 2.58. The molecule has 3 aromatic carbocycles. The molecule has 1 N–H and O–H groups in total. The number of ether oxygens (including phenoxy) is 2. The van der Waals surface area contributed by atoms with Gasteiger partial charge in [-0.2, -0.15) is 0 Å². The van der Waals surface area contributed by atoms with E-state index in [4.69, 9.17) is 9.47 Å². The van der Waals surface area contributed by atoms with Gasteiger partial charge in [0.25, 0.3) is 0 Å². The number of carbonyl (C=O) groups excluding carboxylic acids is 1. The molecule has 1 unspecified atom stereocenters. The van der Waals surface area contributed by atoms with E-state index in [2.05, 4.69) is 21.2 Å². The molecule has 0 radical (unpaired) electrons. The Balaban J connectivity index is 1.90. The van der Waals surface area contributed by atoms with Gasteiger partial charge >= 0.3 is 0 Å². The Labute approximate surface area is 173 Å². The topological polar surface area (TPSA) is 47.6 Å². The lowest BCUT2D eigenvalue weighted by atomic mass is 9.97. The Kier molecular flexibility index (Phi) is 6.71. The van der Waals surface area contributed by atoms with E-state index < -0.39 is 0 Å². The molecule has 0 amide bonds. The zero-order chi connectivity index (χ0) is 19.9. The van der Waals surface area contributed by atoms with Crippen LogP contribution in [0.5, 0.6) is 11.5 Å². The van der Waals surface area contributed by atoms with Crippen molar-refractivity contribution < 1.29 is 14.3 Å². The summed E-state index contributed by atoms with van der Waals surface area (Å²) < 4.78 is 11.7. The van der Waals surface area contributed by atoms with Gasteiger partial charge in [0.1, 0.15) is 0 Å². The third kappa shape index (κ3) is 4.93. The minimum absolute atomic E-state index is 0.0655. The summed E-state index contributed by atoms with van der Waals surface area (Å²) in [5.74, 6) is 1.36. The predicted octanol–water partition coefficient (Wildman–Crippen LogP) is 5.89. The minimum Gasteiger partial charge on any atom is -0.493 e. The number of anilines is 1. The van der Waals surface area contributed by atoms with Crippen molar-refractivity contribution in [3.8, 4) is 11.5 Å². The first kappa shape index (κ1) is 20.0. The number of methoxy groups -OCH3 is 2. The van der Waals surface area contributed by atoms with Gasteiger partial charge in [-0.3, -0.25) is 4.79 Å². The van der Waals surface area contributed by atoms with Crippen LogP contribution in [0.3, 0.4) is 0 Å². The normalized spacial score (nSPS) is 11.5. The highest BCUT2D eigenvalue weighted by atomic mass is 79.9. The van der Waals surface area contributed by atoms with E-state index in [0.717, 1.165) is 15.7 Å². The molecule has 5 heteroatoms. The lowest BCUT2D eigenvalue weighted by Crippen LogP contribution is -2.16. The van der Waals surface area contributed by atoms with Crippen LogP contribution in [-0.2, 0) is 0 Å². The number of benzene rings is 3. The molecule has 0 aromatic heterocycles. The van der Waals surface area contributed by atoms with Crippen LogP contribution in [0, 0.1) is 0 Å². The van der Waals surface area contributed by atoms with Gasteiger partial charge in [-0.25, -0.2) is 0 Å². The van der Waals surface area contributed by atoms with Crippen molar-refractivity contribution >= 4 is 27.4 Å². The van der Waals surface area contributed by atoms with Crippen molar-refractivity contribution in [3.63, 3.8) is 0 Å². The number of carbonyl (C=O) groups is 1. The summed E-state index contributed by atoms with van der Waals surface area (Å²) in [5, 5.41) is 3.47. The van der Waals surface area contributed by atoms with Gasteiger partial charge in [-0.1, -0.05) is 52.3 Å². The molecule has 1 atom stereocenters. The second kappa shape index (κ2) is 9.42. The average molecular weight is 440 g/mol. The highest BCUT2D eigenvalue weighted by Gasteiger charge is 2.19. The number of rotatable bonds is 8. The van der Waals surface area contributed by atoms with E-state index in [9.17, 15) is 4.79 Å². The van der Waals surface area contributed by atoms with Crippen molar-refractivity contribution in [2.24, 2.45) is 0 Å². The van der Waals surface area contributed by atoms with Crippen LogP contribution < -0.4 is 14.8 Å². The van der Waals surface area contributed by atoms with E-state index in [0.29, 0.717) is 23.5 Å². The molecule has 0 heterocycles. The van der Waals surface area contributed by atoms with Crippen molar-refractivity contribution in [2.45, 2.75) is 12.5 Å². The maximum absolute atomic E-state index is 12.9. The zero-order valence-electron chi connectivity index (χ0n) is 15.8. The van der Waals surface area contributed by atoms with Crippen molar-refractivity contribution in [2.75, 3.05) is 19.5 Å². The van der Waals surface area contributed by atoms with Crippen LogP contribution >= 0.6 is 15.9 Å². The van der Waals surface area contributed by atoms with Crippen LogP contribution in [0.15, 0.2) is 77.3 Å². The molecule has 0 aliphatic heterocycles. The standard InChI is InChI=1S/C23H22BrNO3/c1-27-22-13-10-17(14-23(22)28-2)20(25-19-6-4-3-5-7-19)15-21(26)16-8-11-18(24)12-9-16/h3-14,20,25H,15H2,1-2H3. The van der Waals surface area contributed by atoms with E-state index in [1.54, 1.807) is 14.2 Å². The average Bonchev–Trinajstić information content (AvgIpc) is 2.74. The number of ketones is 1. The third-order valence-electron chi connectivity index (χ3n) is 4.48. The molecule has 0 aliphatic rings. The summed E-state index contributed by atoms with van der Waals surface area (Å²) in [6.07, 6.45) is 0.312. The van der Waals surface area contributed by atoms with Gasteiger partial charge in [0.05, 0.1) is 20.3 Å². The van der Waals surface area contributed by atoms with E-state index in [1.165, 1.54) is 0 Å². The first-order chi connectivity index (χ1) is 13.6. The van der Waals surface area contributed by atoms with Crippen LogP contribution in [0.25, 0.3) is 0 Å². The number of hydrogen-bond acceptors (Lipinski definition) is 4. The number of nitrogens with one attached hydrogen (secondary N) is 1. The molecule has 0 fully saturated rings. The molecule has 0 saturated heterocycles. The fourth-order valence-corrected chi connectivity index (χ4v) is 3.26. The van der Waals surface area contributed by atoms with Gasteiger partial charge in [0.15, 0.2) is 17.3 Å². The number of Topliss-reactive ketones (excluding diaryl/α,β-unsaturated/α-hetero) is 1. The molecule has 0 spiro atoms. The van der Waals surface area contributed by atoms with E-state index >= 15 is 0 Å². The van der Waals surface area contributed by atoms with Crippen LogP contribution in [-0.4, -0.2) is 20.0 Å². The molecule has 3 aromatic rings. The maximum atomic E-state index is 12.9. The van der Waals surface area contributed by atoms with Crippen LogP contribution in [0.1, 0.15) is 28.4 Å². The molecular weight excluding hydrogens is 418 g/mol. The summed E-state index contributed by atoms with van der Waals surface area (Å²) in [6.45, 7) is 0. The number of hydrogen-bond donors (Lipinski definition) is 1. The number of para-hydroxylation sites is 1. The summed E-state index contributed by atoms with van der Waals surface area (Å²) in [6, 6.07) is 22.8. The second-order valence-corrected chi connectivity index (χ2v) is 7.23. The molecule has 0 saturated carbocycles. The van der Waals surface area contributed by atoms with Gasteiger partial charge in [-0.05, 0) is 42.0 Å². The van der Waals surface area contributed by atoms with E-state index in [-0.39, 0.29) is 11.8 Å². The van der Waals surface area contributed by atoms with Crippen molar-refractivity contribution in [1.29, 1.82) is 0 Å². The first-order valence-electron chi connectivity index (χ1n) is 8.93. The fourth-order valence-electron chi connectivity index (χ4n) is 3.00. The molecular formula is C23H22BrNO3. The van der Waals surface area contributed by atoms with Crippen LogP contribution in [0.2, 0.25) is 0 Å². The molecule has 0 bridgehead atoms. The Morgan fingerprint density at radius 2 is 1.61 bits per heavy atom. The third-order valence-corrected chi connectivity index (χ3v) is 5.01. The van der Waals surface area contributed by atoms with Gasteiger partial charge < -0.3 is 14.8 Å². The van der Waals surface area contributed by atoms with E-state index in [1.807, 2.05) is 72.8 Å². The Hall–Kier alpha value is -2.79. The highest BCUT2D eigenvalue weighted by molar-refractivity contribution is 9.10. The summed E-state index contributed by atoms with van der Waals surface area (Å²) in [4.78, 5) is 12.9. The maximum Gasteiger partial charge on any atom is 0.165 e. The summed E-state index contributed by atoms with van der Waals surface area (Å²) in [7, 11) is 3.21. The molecule has 144 valence electrons. The van der Waals surface area contributed by atoms with Crippen molar-refractivity contribution in [3.05, 3.63) is 88.4 Å². The SMILES string of the molecule is COc1ccc(C(CC(=O)c2ccc(Br)cc2)Nc2ccccc2)cc1OC. The van der Waals surface area contributed by atoms with Crippen LogP contribution in [0.4, 0.5) is 5.69 Å². The zero-order valence-corrected chi connectivity index (χ0v) is 17.4. The largest absolute Gasteiger partial charge is 0.493 e. The molecule has 3 rings (SSSR count).